The van der Waals surface area contributed by atoms with Crippen LogP contribution in [0.5, 0.6) is 0 Å². The van der Waals surface area contributed by atoms with Crippen LogP contribution in [0.25, 0.3) is 0 Å². The van der Waals surface area contributed by atoms with Crippen molar-refractivity contribution < 1.29 is 13.9 Å². The van der Waals surface area contributed by atoms with Gasteiger partial charge in [0.2, 0.25) is 0 Å². The molecule has 1 amide bonds. The Bertz CT molecular complexity index is 464. The van der Waals surface area contributed by atoms with Crippen LogP contribution in [0, 0.1) is 0 Å². The molecule has 5 nitrogen and oxygen atoms in total. The summed E-state index contributed by atoms with van der Waals surface area (Å²) in [5.41, 5.74) is -0.456. The van der Waals surface area contributed by atoms with Crippen molar-refractivity contribution in [3.8, 4) is 0 Å². The van der Waals surface area contributed by atoms with Gasteiger partial charge in [0.25, 0.3) is 0 Å². The van der Waals surface area contributed by atoms with E-state index in [-0.39, 0.29) is 6.09 Å². The number of furan rings is 1. The summed E-state index contributed by atoms with van der Waals surface area (Å²) < 4.78 is 12.5. The highest BCUT2D eigenvalue weighted by molar-refractivity contribution is 9.13. The van der Waals surface area contributed by atoms with E-state index in [1.54, 1.807) is 4.90 Å². The maximum Gasteiger partial charge on any atom is 0.410 e. The molecule has 0 spiro atoms. The molecule has 0 atom stereocenters. The SMILES string of the molecule is CCN(CCCNCc1cc(Br)c(Br)o1)C(=O)OC(C)(C)C. The summed E-state index contributed by atoms with van der Waals surface area (Å²) in [6.45, 7) is 10.4. The molecule has 1 aromatic heterocycles. The van der Waals surface area contributed by atoms with Gasteiger partial charge in [-0.25, -0.2) is 4.79 Å². The van der Waals surface area contributed by atoms with Crippen molar-refractivity contribution >= 4 is 38.0 Å². The van der Waals surface area contributed by atoms with Crippen LogP contribution in [0.15, 0.2) is 19.6 Å². The summed E-state index contributed by atoms with van der Waals surface area (Å²) in [5.74, 6) is 0.859. The Labute approximate surface area is 149 Å². The average molecular weight is 440 g/mol. The minimum absolute atomic E-state index is 0.256. The Hall–Kier alpha value is -0.530. The molecule has 1 aromatic rings. The molecule has 126 valence electrons. The fraction of sp³-hybridized carbons (Fsp3) is 0.667. The molecule has 7 heteroatoms. The quantitative estimate of drug-likeness (QED) is 0.633. The molecule has 0 saturated heterocycles. The van der Waals surface area contributed by atoms with Crippen molar-refractivity contribution in [2.24, 2.45) is 0 Å². The first-order valence-electron chi connectivity index (χ1n) is 7.35. The highest BCUT2D eigenvalue weighted by Crippen LogP contribution is 2.26. The van der Waals surface area contributed by atoms with E-state index in [1.807, 2.05) is 33.8 Å². The summed E-state index contributed by atoms with van der Waals surface area (Å²) >= 11 is 6.69. The van der Waals surface area contributed by atoms with Gasteiger partial charge < -0.3 is 19.4 Å². The van der Waals surface area contributed by atoms with Gasteiger partial charge >= 0.3 is 6.09 Å². The third-order valence-electron chi connectivity index (χ3n) is 2.81. The van der Waals surface area contributed by atoms with Gasteiger partial charge in [-0.05, 0) is 78.6 Å². The number of nitrogens with one attached hydrogen (secondary N) is 1. The lowest BCUT2D eigenvalue weighted by Gasteiger charge is -2.26. The zero-order valence-corrected chi connectivity index (χ0v) is 16.7. The molecular weight excluding hydrogens is 416 g/mol. The van der Waals surface area contributed by atoms with E-state index in [0.717, 1.165) is 23.2 Å². The van der Waals surface area contributed by atoms with Crippen molar-refractivity contribution in [3.05, 3.63) is 21.0 Å². The number of ether oxygens (including phenoxy) is 1. The Morgan fingerprint density at radius 3 is 2.59 bits per heavy atom. The maximum absolute atomic E-state index is 12.0. The molecule has 0 saturated carbocycles. The summed E-state index contributed by atoms with van der Waals surface area (Å²) in [6, 6.07) is 1.93. The Balaban J connectivity index is 2.25. The summed E-state index contributed by atoms with van der Waals surface area (Å²) in [5, 5.41) is 3.29. The number of hydrogen-bond donors (Lipinski definition) is 1. The summed E-state index contributed by atoms with van der Waals surface area (Å²) in [4.78, 5) is 13.7. The largest absolute Gasteiger partial charge is 0.452 e. The minimum atomic E-state index is -0.456. The van der Waals surface area contributed by atoms with E-state index < -0.39 is 5.60 Å². The molecule has 0 aliphatic rings. The number of halogens is 2. The van der Waals surface area contributed by atoms with Gasteiger partial charge in [-0.1, -0.05) is 0 Å². The molecule has 1 heterocycles. The standard InChI is InChI=1S/C15H24Br2N2O3/c1-5-19(14(20)22-15(2,3)4)8-6-7-18-10-11-9-12(16)13(17)21-11/h9,18H,5-8,10H2,1-4H3. The molecule has 22 heavy (non-hydrogen) atoms. The lowest BCUT2D eigenvalue weighted by molar-refractivity contribution is 0.0258. The van der Waals surface area contributed by atoms with E-state index in [9.17, 15) is 4.79 Å². The monoisotopic (exact) mass is 438 g/mol. The summed E-state index contributed by atoms with van der Waals surface area (Å²) in [6.07, 6.45) is 0.602. The lowest BCUT2D eigenvalue weighted by Crippen LogP contribution is -2.38. The van der Waals surface area contributed by atoms with Crippen LogP contribution in [0.2, 0.25) is 0 Å². The second kappa shape index (κ2) is 8.93. The number of amides is 1. The van der Waals surface area contributed by atoms with E-state index in [0.29, 0.717) is 24.3 Å². The molecule has 0 unspecified atom stereocenters. The zero-order chi connectivity index (χ0) is 16.8. The van der Waals surface area contributed by atoms with Crippen LogP contribution in [-0.2, 0) is 11.3 Å². The first kappa shape index (κ1) is 19.5. The number of carbonyl (C=O) groups is 1. The fourth-order valence-corrected chi connectivity index (χ4v) is 2.45. The summed E-state index contributed by atoms with van der Waals surface area (Å²) in [7, 11) is 0. The predicted octanol–water partition coefficient (Wildman–Crippen LogP) is 4.54. The first-order valence-corrected chi connectivity index (χ1v) is 8.94. The van der Waals surface area contributed by atoms with Gasteiger partial charge in [0.05, 0.1) is 11.0 Å². The molecule has 0 aliphatic carbocycles. The maximum atomic E-state index is 12.0. The van der Waals surface area contributed by atoms with E-state index >= 15 is 0 Å². The van der Waals surface area contributed by atoms with Crippen LogP contribution >= 0.6 is 31.9 Å². The number of nitrogens with zero attached hydrogens (tertiary/aromatic N) is 1. The molecule has 0 aliphatic heterocycles. The topological polar surface area (TPSA) is 54.7 Å². The smallest absolute Gasteiger partial charge is 0.410 e. The molecule has 0 bridgehead atoms. The Kier molecular flexibility index (Phi) is 7.93. The number of rotatable bonds is 7. The second-order valence-corrected chi connectivity index (χ2v) is 7.50. The molecule has 0 radical (unpaired) electrons. The highest BCUT2D eigenvalue weighted by Gasteiger charge is 2.20. The van der Waals surface area contributed by atoms with Crippen LogP contribution < -0.4 is 5.32 Å². The Morgan fingerprint density at radius 2 is 2.09 bits per heavy atom. The van der Waals surface area contributed by atoms with Gasteiger partial charge in [-0.2, -0.15) is 0 Å². The van der Waals surface area contributed by atoms with Crippen molar-refractivity contribution in [1.29, 1.82) is 0 Å². The molecule has 1 rings (SSSR count). The molecule has 1 N–H and O–H groups in total. The zero-order valence-electron chi connectivity index (χ0n) is 13.5. The number of carbonyl (C=O) groups excluding carboxylic acids is 1. The van der Waals surface area contributed by atoms with Gasteiger partial charge in [0.1, 0.15) is 11.4 Å². The predicted molar refractivity (Wildman–Crippen MR) is 93.9 cm³/mol. The third kappa shape index (κ3) is 7.15. The van der Waals surface area contributed by atoms with E-state index in [1.165, 1.54) is 0 Å². The molecule has 0 aromatic carbocycles. The second-order valence-electron chi connectivity index (χ2n) is 5.92. The molecular formula is C15H24Br2N2O3. The Morgan fingerprint density at radius 1 is 1.41 bits per heavy atom. The van der Waals surface area contributed by atoms with Crippen LogP contribution in [-0.4, -0.2) is 36.2 Å². The van der Waals surface area contributed by atoms with E-state index in [4.69, 9.17) is 9.15 Å². The normalized spacial score (nSPS) is 11.5. The third-order valence-corrected chi connectivity index (χ3v) is 4.52. The van der Waals surface area contributed by atoms with Gasteiger partial charge in [0, 0.05) is 13.1 Å². The van der Waals surface area contributed by atoms with E-state index in [2.05, 4.69) is 37.2 Å². The van der Waals surface area contributed by atoms with Crippen molar-refractivity contribution in [3.63, 3.8) is 0 Å². The van der Waals surface area contributed by atoms with Crippen molar-refractivity contribution in [2.45, 2.75) is 46.3 Å². The first-order chi connectivity index (χ1) is 10.2. The van der Waals surface area contributed by atoms with Crippen molar-refractivity contribution in [1.82, 2.24) is 10.2 Å². The lowest BCUT2D eigenvalue weighted by atomic mass is 10.2. The molecule has 0 fully saturated rings. The van der Waals surface area contributed by atoms with Crippen LogP contribution in [0.3, 0.4) is 0 Å². The van der Waals surface area contributed by atoms with Gasteiger partial charge in [-0.3, -0.25) is 0 Å². The average Bonchev–Trinajstić information content (AvgIpc) is 2.70. The van der Waals surface area contributed by atoms with Crippen LogP contribution in [0.1, 0.15) is 39.9 Å². The van der Waals surface area contributed by atoms with Crippen LogP contribution in [0.4, 0.5) is 4.79 Å². The number of hydrogen-bond acceptors (Lipinski definition) is 4. The van der Waals surface area contributed by atoms with Gasteiger partial charge in [-0.15, -0.1) is 0 Å². The highest BCUT2D eigenvalue weighted by atomic mass is 79.9. The minimum Gasteiger partial charge on any atom is -0.452 e. The van der Waals surface area contributed by atoms with Gasteiger partial charge in [0.15, 0.2) is 4.67 Å². The van der Waals surface area contributed by atoms with Crippen molar-refractivity contribution in [2.75, 3.05) is 19.6 Å². The fourth-order valence-electron chi connectivity index (χ4n) is 1.79.